The quantitative estimate of drug-likeness (QED) is 0.666. The Labute approximate surface area is 85.5 Å². The van der Waals surface area contributed by atoms with Crippen LogP contribution in [0.15, 0.2) is 0 Å². The van der Waals surface area contributed by atoms with Crippen LogP contribution in [0.1, 0.15) is 32.1 Å². The second-order valence-corrected chi connectivity index (χ2v) is 4.74. The third kappa shape index (κ3) is 4.34. The molecule has 0 aromatic rings. The van der Waals surface area contributed by atoms with Gasteiger partial charge < -0.3 is 10.4 Å². The fourth-order valence-corrected chi connectivity index (χ4v) is 2.29. The zero-order valence-corrected chi connectivity index (χ0v) is 9.28. The molecule has 78 valence electrons. The van der Waals surface area contributed by atoms with Crippen LogP contribution in [0.2, 0.25) is 0 Å². The molecule has 0 aromatic carbocycles. The number of hydrogen-bond donors (Lipinski definition) is 2. The van der Waals surface area contributed by atoms with Crippen molar-refractivity contribution < 1.29 is 5.11 Å². The number of aliphatic hydroxyl groups excluding tert-OH is 1. The Morgan fingerprint density at radius 1 is 1.38 bits per heavy atom. The second-order valence-electron chi connectivity index (χ2n) is 3.76. The first-order valence-corrected chi connectivity index (χ1v) is 6.64. The van der Waals surface area contributed by atoms with Gasteiger partial charge in [0.1, 0.15) is 0 Å². The second kappa shape index (κ2) is 6.68. The highest BCUT2D eigenvalue weighted by Crippen LogP contribution is 2.18. The van der Waals surface area contributed by atoms with Crippen molar-refractivity contribution in [3.05, 3.63) is 0 Å². The highest BCUT2D eigenvalue weighted by atomic mass is 32.2. The smallest absolute Gasteiger partial charge is 0.0693 e. The largest absolute Gasteiger partial charge is 0.392 e. The predicted octanol–water partition coefficient (Wildman–Crippen LogP) is 1.63. The first-order valence-electron chi connectivity index (χ1n) is 5.25. The third-order valence-corrected chi connectivity index (χ3v) is 3.36. The number of hydrogen-bond acceptors (Lipinski definition) is 3. The van der Waals surface area contributed by atoms with Crippen molar-refractivity contribution in [1.29, 1.82) is 0 Å². The van der Waals surface area contributed by atoms with Crippen molar-refractivity contribution >= 4 is 11.8 Å². The summed E-state index contributed by atoms with van der Waals surface area (Å²) in [4.78, 5) is 0. The van der Waals surface area contributed by atoms with Crippen molar-refractivity contribution in [2.24, 2.45) is 0 Å². The van der Waals surface area contributed by atoms with Crippen LogP contribution in [0.3, 0.4) is 0 Å². The molecule has 1 rings (SSSR count). The lowest BCUT2D eigenvalue weighted by Gasteiger charge is -2.28. The Kier molecular flexibility index (Phi) is 5.83. The van der Waals surface area contributed by atoms with Gasteiger partial charge in [0.05, 0.1) is 6.10 Å². The molecular weight excluding hydrogens is 182 g/mol. The normalized spacial score (nSPS) is 29.1. The van der Waals surface area contributed by atoms with Gasteiger partial charge in [-0.2, -0.15) is 11.8 Å². The van der Waals surface area contributed by atoms with E-state index in [4.69, 9.17) is 0 Å². The highest BCUT2D eigenvalue weighted by Gasteiger charge is 2.21. The summed E-state index contributed by atoms with van der Waals surface area (Å²) in [5.74, 6) is 1.22. The van der Waals surface area contributed by atoms with E-state index in [0.29, 0.717) is 6.04 Å². The van der Waals surface area contributed by atoms with E-state index < -0.39 is 0 Å². The van der Waals surface area contributed by atoms with Crippen LogP contribution < -0.4 is 5.32 Å². The SMILES string of the molecule is CSCCCN[C@H]1CCCC[C@@H]1O. The molecule has 1 saturated carbocycles. The van der Waals surface area contributed by atoms with Crippen LogP contribution in [0.5, 0.6) is 0 Å². The minimum atomic E-state index is -0.0944. The van der Waals surface area contributed by atoms with Crippen molar-refractivity contribution in [3.63, 3.8) is 0 Å². The zero-order chi connectivity index (χ0) is 9.52. The Morgan fingerprint density at radius 3 is 2.85 bits per heavy atom. The molecule has 2 N–H and O–H groups in total. The van der Waals surface area contributed by atoms with Crippen LogP contribution in [0.4, 0.5) is 0 Å². The minimum Gasteiger partial charge on any atom is -0.392 e. The third-order valence-electron chi connectivity index (χ3n) is 2.66. The van der Waals surface area contributed by atoms with Gasteiger partial charge in [-0.05, 0) is 37.8 Å². The molecule has 0 radical (unpaired) electrons. The summed E-state index contributed by atoms with van der Waals surface area (Å²) in [5.41, 5.74) is 0. The van der Waals surface area contributed by atoms with Crippen molar-refractivity contribution in [1.82, 2.24) is 5.32 Å². The molecule has 0 spiro atoms. The van der Waals surface area contributed by atoms with E-state index in [2.05, 4.69) is 11.6 Å². The Bertz CT molecular complexity index is 132. The zero-order valence-electron chi connectivity index (χ0n) is 8.46. The average molecular weight is 203 g/mol. The molecule has 0 aliphatic heterocycles. The van der Waals surface area contributed by atoms with Crippen molar-refractivity contribution in [2.75, 3.05) is 18.6 Å². The topological polar surface area (TPSA) is 32.3 Å². The molecule has 13 heavy (non-hydrogen) atoms. The van der Waals surface area contributed by atoms with E-state index in [-0.39, 0.29) is 6.10 Å². The minimum absolute atomic E-state index is 0.0944. The van der Waals surface area contributed by atoms with Crippen molar-refractivity contribution in [2.45, 2.75) is 44.2 Å². The first-order chi connectivity index (χ1) is 6.34. The van der Waals surface area contributed by atoms with Gasteiger partial charge in [-0.3, -0.25) is 0 Å². The molecule has 2 nitrogen and oxygen atoms in total. The molecule has 3 heteroatoms. The molecular formula is C10H21NOS. The number of nitrogens with one attached hydrogen (secondary N) is 1. The Morgan fingerprint density at radius 2 is 2.15 bits per heavy atom. The van der Waals surface area contributed by atoms with Crippen LogP contribution in [0.25, 0.3) is 0 Å². The van der Waals surface area contributed by atoms with Crippen LogP contribution >= 0.6 is 11.8 Å². The lowest BCUT2D eigenvalue weighted by Crippen LogP contribution is -2.42. The van der Waals surface area contributed by atoms with Gasteiger partial charge in [-0.1, -0.05) is 12.8 Å². The molecule has 0 saturated heterocycles. The fraction of sp³-hybridized carbons (Fsp3) is 1.00. The predicted molar refractivity (Wildman–Crippen MR) is 59.3 cm³/mol. The molecule has 0 aromatic heterocycles. The number of aliphatic hydroxyl groups is 1. The lowest BCUT2D eigenvalue weighted by molar-refractivity contribution is 0.0913. The van der Waals surface area contributed by atoms with Gasteiger partial charge in [0.2, 0.25) is 0 Å². The summed E-state index contributed by atoms with van der Waals surface area (Å²) in [6.45, 7) is 1.06. The van der Waals surface area contributed by atoms with E-state index in [0.717, 1.165) is 19.4 Å². The summed E-state index contributed by atoms with van der Waals surface area (Å²) in [6, 6.07) is 0.371. The van der Waals surface area contributed by atoms with Crippen LogP contribution in [-0.2, 0) is 0 Å². The van der Waals surface area contributed by atoms with Crippen molar-refractivity contribution in [3.8, 4) is 0 Å². The molecule has 2 atom stereocenters. The maximum absolute atomic E-state index is 9.66. The molecule has 1 aliphatic rings. The molecule has 0 bridgehead atoms. The molecule has 1 aliphatic carbocycles. The summed E-state index contributed by atoms with van der Waals surface area (Å²) in [6.07, 6.45) is 7.87. The van der Waals surface area contributed by atoms with Gasteiger partial charge in [0.25, 0.3) is 0 Å². The van der Waals surface area contributed by atoms with Gasteiger partial charge >= 0.3 is 0 Å². The fourth-order valence-electron chi connectivity index (χ4n) is 1.85. The molecule has 0 amide bonds. The highest BCUT2D eigenvalue weighted by molar-refractivity contribution is 7.98. The number of thioether (sulfide) groups is 1. The summed E-state index contributed by atoms with van der Waals surface area (Å²) in [7, 11) is 0. The molecule has 1 fully saturated rings. The first kappa shape index (κ1) is 11.3. The van der Waals surface area contributed by atoms with Crippen LogP contribution in [-0.4, -0.2) is 35.8 Å². The monoisotopic (exact) mass is 203 g/mol. The van der Waals surface area contributed by atoms with Gasteiger partial charge in [-0.25, -0.2) is 0 Å². The van der Waals surface area contributed by atoms with E-state index >= 15 is 0 Å². The summed E-state index contributed by atoms with van der Waals surface area (Å²) >= 11 is 1.89. The maximum atomic E-state index is 9.66. The van der Waals surface area contributed by atoms with Gasteiger partial charge in [0, 0.05) is 6.04 Å². The van der Waals surface area contributed by atoms with Crippen LogP contribution in [0, 0.1) is 0 Å². The van der Waals surface area contributed by atoms with E-state index in [1.807, 2.05) is 11.8 Å². The van der Waals surface area contributed by atoms with Gasteiger partial charge in [-0.15, -0.1) is 0 Å². The Balaban J connectivity index is 2.05. The van der Waals surface area contributed by atoms with E-state index in [1.165, 1.54) is 25.0 Å². The molecule has 0 unspecified atom stereocenters. The van der Waals surface area contributed by atoms with Gasteiger partial charge in [0.15, 0.2) is 0 Å². The summed E-state index contributed by atoms with van der Waals surface area (Å²) < 4.78 is 0. The summed E-state index contributed by atoms with van der Waals surface area (Å²) in [5, 5.41) is 13.1. The van der Waals surface area contributed by atoms with E-state index in [9.17, 15) is 5.11 Å². The maximum Gasteiger partial charge on any atom is 0.0693 e. The molecule has 0 heterocycles. The lowest BCUT2D eigenvalue weighted by atomic mass is 9.92. The number of rotatable bonds is 5. The van der Waals surface area contributed by atoms with E-state index in [1.54, 1.807) is 0 Å². The average Bonchev–Trinajstić information content (AvgIpc) is 2.15. The standard InChI is InChI=1S/C10H21NOS/c1-13-8-4-7-11-9-5-2-3-6-10(9)12/h9-12H,2-8H2,1H3/t9-,10-/m0/s1. The Hall–Kier alpha value is 0.270.